The molecule has 2 heterocycles. The van der Waals surface area contributed by atoms with Gasteiger partial charge in [0.2, 0.25) is 10.0 Å². The minimum atomic E-state index is -3.17. The number of hydrogen-bond donors (Lipinski definition) is 2. The second-order valence-electron chi connectivity index (χ2n) is 6.20. The van der Waals surface area contributed by atoms with Gasteiger partial charge in [-0.15, -0.1) is 0 Å². The summed E-state index contributed by atoms with van der Waals surface area (Å²) in [5.74, 6) is -0.601. The van der Waals surface area contributed by atoms with Gasteiger partial charge in [0.1, 0.15) is 0 Å². The molecule has 0 bridgehead atoms. The number of piperidine rings is 2. The Morgan fingerprint density at radius 2 is 2.20 bits per heavy atom. The maximum atomic E-state index is 11.7. The minimum absolute atomic E-state index is 0.148. The van der Waals surface area contributed by atoms with Crippen LogP contribution in [0.1, 0.15) is 32.1 Å². The van der Waals surface area contributed by atoms with Crippen LogP contribution in [0.15, 0.2) is 0 Å². The van der Waals surface area contributed by atoms with Gasteiger partial charge >= 0.3 is 5.97 Å². The molecule has 0 aromatic heterocycles. The molecule has 2 rings (SSSR count). The average Bonchev–Trinajstić information content (AvgIpc) is 2.39. The number of hydrogen-bond acceptors (Lipinski definition) is 4. The smallest absolute Gasteiger partial charge is 0.310 e. The number of carboxylic acids is 1. The van der Waals surface area contributed by atoms with Crippen LogP contribution < -0.4 is 5.32 Å². The minimum Gasteiger partial charge on any atom is -0.481 e. The lowest BCUT2D eigenvalue weighted by Crippen LogP contribution is -2.49. The molecular formula is C13H24N2O4S. The average molecular weight is 304 g/mol. The lowest BCUT2D eigenvalue weighted by atomic mass is 9.72. The number of rotatable bonds is 4. The monoisotopic (exact) mass is 304 g/mol. The molecule has 0 saturated carbocycles. The van der Waals surface area contributed by atoms with Crippen LogP contribution in [0, 0.1) is 11.3 Å². The summed E-state index contributed by atoms with van der Waals surface area (Å²) in [4.78, 5) is 11.7. The fourth-order valence-electron chi connectivity index (χ4n) is 3.46. The third kappa shape index (κ3) is 3.51. The fourth-order valence-corrected chi connectivity index (χ4v) is 4.40. The van der Waals surface area contributed by atoms with Gasteiger partial charge in [0.05, 0.1) is 11.7 Å². The van der Waals surface area contributed by atoms with Crippen LogP contribution in [0.25, 0.3) is 0 Å². The lowest BCUT2D eigenvalue weighted by molar-refractivity contribution is -0.151. The summed E-state index contributed by atoms with van der Waals surface area (Å²) < 4.78 is 24.8. The van der Waals surface area contributed by atoms with Gasteiger partial charge in [0.15, 0.2) is 0 Å². The Kier molecular flexibility index (Phi) is 4.71. The van der Waals surface area contributed by atoms with Crippen molar-refractivity contribution in [3.8, 4) is 0 Å². The molecule has 116 valence electrons. The van der Waals surface area contributed by atoms with Crippen LogP contribution in [0.5, 0.6) is 0 Å². The number of carboxylic acid groups (broad SMARTS) is 1. The standard InChI is InChI=1S/C13H24N2O4S/c1-20(18,19)15-7-2-4-11(9-15)8-13(12(16)17)5-3-6-14-10-13/h11,14H,2-10H2,1H3,(H,16,17). The van der Waals surface area contributed by atoms with E-state index in [1.54, 1.807) is 0 Å². The molecule has 0 radical (unpaired) electrons. The molecule has 0 aliphatic carbocycles. The highest BCUT2D eigenvalue weighted by atomic mass is 32.2. The van der Waals surface area contributed by atoms with Crippen molar-refractivity contribution >= 4 is 16.0 Å². The first-order chi connectivity index (χ1) is 9.33. The van der Waals surface area contributed by atoms with Crippen molar-refractivity contribution in [2.24, 2.45) is 11.3 Å². The zero-order valence-electron chi connectivity index (χ0n) is 12.0. The van der Waals surface area contributed by atoms with E-state index in [0.717, 1.165) is 25.8 Å². The molecule has 2 atom stereocenters. The highest BCUT2D eigenvalue weighted by Gasteiger charge is 2.42. The molecule has 2 aliphatic heterocycles. The van der Waals surface area contributed by atoms with Gasteiger partial charge in [-0.25, -0.2) is 12.7 Å². The van der Waals surface area contributed by atoms with Crippen LogP contribution in [-0.4, -0.2) is 56.2 Å². The SMILES string of the molecule is CS(=O)(=O)N1CCCC(CC2(C(=O)O)CCCNC2)C1. The van der Waals surface area contributed by atoms with Crippen LogP contribution in [-0.2, 0) is 14.8 Å². The van der Waals surface area contributed by atoms with Gasteiger partial charge in [-0.3, -0.25) is 4.79 Å². The molecule has 20 heavy (non-hydrogen) atoms. The van der Waals surface area contributed by atoms with Gasteiger partial charge in [0, 0.05) is 19.6 Å². The Morgan fingerprint density at radius 1 is 1.45 bits per heavy atom. The number of carbonyl (C=O) groups is 1. The van der Waals surface area contributed by atoms with Crippen LogP contribution in [0.4, 0.5) is 0 Å². The van der Waals surface area contributed by atoms with E-state index in [4.69, 9.17) is 0 Å². The molecule has 2 fully saturated rings. The summed E-state index contributed by atoms with van der Waals surface area (Å²) in [5, 5.41) is 12.7. The maximum Gasteiger partial charge on any atom is 0.310 e. The van der Waals surface area contributed by atoms with Crippen molar-refractivity contribution in [3.05, 3.63) is 0 Å². The van der Waals surface area contributed by atoms with E-state index in [2.05, 4.69) is 5.32 Å². The fraction of sp³-hybridized carbons (Fsp3) is 0.923. The third-order valence-electron chi connectivity index (χ3n) is 4.56. The largest absolute Gasteiger partial charge is 0.481 e. The molecule has 6 nitrogen and oxygen atoms in total. The van der Waals surface area contributed by atoms with Gasteiger partial charge in [-0.05, 0) is 44.6 Å². The van der Waals surface area contributed by atoms with Crippen molar-refractivity contribution in [2.45, 2.75) is 32.1 Å². The summed E-state index contributed by atoms with van der Waals surface area (Å²) in [6.45, 7) is 2.40. The molecule has 0 aromatic carbocycles. The first-order valence-electron chi connectivity index (χ1n) is 7.23. The van der Waals surface area contributed by atoms with Crippen molar-refractivity contribution in [3.63, 3.8) is 0 Å². The Morgan fingerprint density at radius 3 is 2.75 bits per heavy atom. The highest BCUT2D eigenvalue weighted by Crippen LogP contribution is 2.37. The summed E-state index contributed by atoms with van der Waals surface area (Å²) >= 11 is 0. The topological polar surface area (TPSA) is 86.7 Å². The molecule has 2 N–H and O–H groups in total. The van der Waals surface area contributed by atoms with Gasteiger partial charge in [0.25, 0.3) is 0 Å². The van der Waals surface area contributed by atoms with E-state index >= 15 is 0 Å². The normalized spacial score (nSPS) is 33.0. The first-order valence-corrected chi connectivity index (χ1v) is 9.08. The highest BCUT2D eigenvalue weighted by molar-refractivity contribution is 7.88. The van der Waals surface area contributed by atoms with Crippen LogP contribution in [0.3, 0.4) is 0 Å². The van der Waals surface area contributed by atoms with E-state index in [1.807, 2.05) is 0 Å². The molecule has 0 aromatic rings. The predicted octanol–water partition coefficient (Wildman–Crippen LogP) is 0.503. The van der Waals surface area contributed by atoms with Crippen LogP contribution >= 0.6 is 0 Å². The summed E-state index contributed by atoms with van der Waals surface area (Å²) in [6, 6.07) is 0. The van der Waals surface area contributed by atoms with Gasteiger partial charge in [-0.2, -0.15) is 0 Å². The molecule has 0 amide bonds. The molecule has 7 heteroatoms. The Labute approximate surface area is 120 Å². The summed E-state index contributed by atoms with van der Waals surface area (Å²) in [5.41, 5.74) is -0.719. The second-order valence-corrected chi connectivity index (χ2v) is 8.18. The third-order valence-corrected chi connectivity index (χ3v) is 5.83. The molecule has 0 spiro atoms. The van der Waals surface area contributed by atoms with Gasteiger partial charge in [-0.1, -0.05) is 0 Å². The Bertz CT molecular complexity index is 457. The Balaban J connectivity index is 2.05. The number of sulfonamides is 1. The van der Waals surface area contributed by atoms with E-state index < -0.39 is 21.4 Å². The van der Waals surface area contributed by atoms with Crippen molar-refractivity contribution in [1.82, 2.24) is 9.62 Å². The molecule has 2 saturated heterocycles. The predicted molar refractivity (Wildman–Crippen MR) is 75.9 cm³/mol. The summed E-state index contributed by atoms with van der Waals surface area (Å²) in [7, 11) is -3.17. The summed E-state index contributed by atoms with van der Waals surface area (Å²) in [6.07, 6.45) is 5.09. The van der Waals surface area contributed by atoms with E-state index in [0.29, 0.717) is 32.5 Å². The maximum absolute atomic E-state index is 11.7. The zero-order valence-corrected chi connectivity index (χ0v) is 12.8. The quantitative estimate of drug-likeness (QED) is 0.790. The van der Waals surface area contributed by atoms with Gasteiger partial charge < -0.3 is 10.4 Å². The number of nitrogens with zero attached hydrogens (tertiary/aromatic N) is 1. The molecule has 2 unspecified atom stereocenters. The second kappa shape index (κ2) is 5.99. The molecular weight excluding hydrogens is 280 g/mol. The van der Waals surface area contributed by atoms with Crippen molar-refractivity contribution in [1.29, 1.82) is 0 Å². The van der Waals surface area contributed by atoms with E-state index in [1.165, 1.54) is 10.6 Å². The van der Waals surface area contributed by atoms with E-state index in [9.17, 15) is 18.3 Å². The first kappa shape index (κ1) is 15.7. The number of nitrogens with one attached hydrogen (secondary N) is 1. The molecule has 2 aliphatic rings. The van der Waals surface area contributed by atoms with Crippen molar-refractivity contribution < 1.29 is 18.3 Å². The van der Waals surface area contributed by atoms with Crippen molar-refractivity contribution in [2.75, 3.05) is 32.4 Å². The number of aliphatic carboxylic acids is 1. The lowest BCUT2D eigenvalue weighted by Gasteiger charge is -2.39. The Hall–Kier alpha value is -0.660. The van der Waals surface area contributed by atoms with Crippen LogP contribution in [0.2, 0.25) is 0 Å². The zero-order chi connectivity index (χ0) is 14.8. The van der Waals surface area contributed by atoms with E-state index in [-0.39, 0.29) is 5.92 Å².